The lowest BCUT2D eigenvalue weighted by Crippen LogP contribution is -2.14. The number of hydrogen-bond donors (Lipinski definition) is 2. The van der Waals surface area contributed by atoms with Crippen molar-refractivity contribution in [3.63, 3.8) is 0 Å². The van der Waals surface area contributed by atoms with Gasteiger partial charge in [-0.1, -0.05) is 11.6 Å². The lowest BCUT2D eigenvalue weighted by Gasteiger charge is -2.09. The van der Waals surface area contributed by atoms with Gasteiger partial charge in [0, 0.05) is 11.8 Å². The monoisotopic (exact) mass is 332 g/mol. The Morgan fingerprint density at radius 1 is 1.20 bits per heavy atom. The van der Waals surface area contributed by atoms with E-state index in [1.165, 1.54) is 24.3 Å². The van der Waals surface area contributed by atoms with Crippen LogP contribution in [0, 0.1) is 6.92 Å². The van der Waals surface area contributed by atoms with E-state index in [2.05, 4.69) is 14.7 Å². The second-order valence-corrected chi connectivity index (χ2v) is 6.38. The van der Waals surface area contributed by atoms with Gasteiger partial charge in [0.15, 0.2) is 0 Å². The number of anilines is 2. The Kier molecular flexibility index (Phi) is 4.03. The largest absolute Gasteiger partial charge is 0.399 e. The summed E-state index contributed by atoms with van der Waals surface area (Å²) in [6.07, 6.45) is 0. The van der Waals surface area contributed by atoms with Gasteiger partial charge in [-0.3, -0.25) is 4.72 Å². The molecular formula is C11H10Cl2N4O2S. The first-order valence-electron chi connectivity index (χ1n) is 5.37. The number of benzene rings is 1. The van der Waals surface area contributed by atoms with Gasteiger partial charge in [-0.2, -0.15) is 4.98 Å². The SMILES string of the molecule is Cc1cc(S(=O)(=O)Nc2cc(Cl)nc(Cl)n2)ccc1N. The Balaban J connectivity index is 2.37. The number of nitrogens with two attached hydrogens (primary N) is 1. The van der Waals surface area contributed by atoms with Crippen LogP contribution in [0.4, 0.5) is 11.5 Å². The van der Waals surface area contributed by atoms with Gasteiger partial charge in [0.1, 0.15) is 11.0 Å². The van der Waals surface area contributed by atoms with Gasteiger partial charge < -0.3 is 5.73 Å². The number of sulfonamides is 1. The Morgan fingerprint density at radius 3 is 2.50 bits per heavy atom. The molecule has 1 heterocycles. The smallest absolute Gasteiger partial charge is 0.263 e. The molecule has 2 rings (SSSR count). The molecule has 20 heavy (non-hydrogen) atoms. The maximum absolute atomic E-state index is 12.2. The van der Waals surface area contributed by atoms with Crippen LogP contribution in [-0.4, -0.2) is 18.4 Å². The summed E-state index contributed by atoms with van der Waals surface area (Å²) < 4.78 is 26.7. The number of aromatic nitrogens is 2. The van der Waals surface area contributed by atoms with Crippen molar-refractivity contribution in [1.29, 1.82) is 0 Å². The van der Waals surface area contributed by atoms with Crippen molar-refractivity contribution in [3.05, 3.63) is 40.3 Å². The predicted molar refractivity (Wildman–Crippen MR) is 78.5 cm³/mol. The molecule has 9 heteroatoms. The van der Waals surface area contributed by atoms with Crippen LogP contribution in [0.15, 0.2) is 29.2 Å². The number of halogens is 2. The summed E-state index contributed by atoms with van der Waals surface area (Å²) in [5, 5.41) is -0.111. The second-order valence-electron chi connectivity index (χ2n) is 3.97. The average molecular weight is 333 g/mol. The van der Waals surface area contributed by atoms with Crippen LogP contribution in [-0.2, 0) is 10.0 Å². The van der Waals surface area contributed by atoms with Gasteiger partial charge in [-0.15, -0.1) is 0 Å². The minimum Gasteiger partial charge on any atom is -0.399 e. The van der Waals surface area contributed by atoms with Crippen LogP contribution in [0.5, 0.6) is 0 Å². The van der Waals surface area contributed by atoms with Crippen molar-refractivity contribution in [3.8, 4) is 0 Å². The molecule has 0 aliphatic heterocycles. The molecule has 0 bridgehead atoms. The van der Waals surface area contributed by atoms with Crippen molar-refractivity contribution < 1.29 is 8.42 Å². The first-order valence-corrected chi connectivity index (χ1v) is 7.61. The summed E-state index contributed by atoms with van der Waals surface area (Å²) >= 11 is 11.3. The van der Waals surface area contributed by atoms with Gasteiger partial charge in [0.05, 0.1) is 4.90 Å². The van der Waals surface area contributed by atoms with E-state index in [1.807, 2.05) is 0 Å². The Hall–Kier alpha value is -1.57. The third kappa shape index (κ3) is 3.30. The molecule has 0 saturated carbocycles. The van der Waals surface area contributed by atoms with E-state index >= 15 is 0 Å². The third-order valence-corrected chi connectivity index (χ3v) is 4.17. The Labute approximate surface area is 126 Å². The van der Waals surface area contributed by atoms with Crippen LogP contribution < -0.4 is 10.5 Å². The van der Waals surface area contributed by atoms with Gasteiger partial charge >= 0.3 is 0 Å². The lowest BCUT2D eigenvalue weighted by molar-refractivity contribution is 0.601. The summed E-state index contributed by atoms with van der Waals surface area (Å²) in [6.45, 7) is 1.72. The topological polar surface area (TPSA) is 98.0 Å². The molecule has 1 aromatic carbocycles. The first-order chi connectivity index (χ1) is 9.28. The highest BCUT2D eigenvalue weighted by molar-refractivity contribution is 7.92. The van der Waals surface area contributed by atoms with Crippen LogP contribution in [0.25, 0.3) is 0 Å². The molecule has 1 aromatic heterocycles. The molecule has 106 valence electrons. The number of nitrogens with zero attached hydrogens (tertiary/aromatic N) is 2. The van der Waals surface area contributed by atoms with Crippen LogP contribution >= 0.6 is 23.2 Å². The van der Waals surface area contributed by atoms with Gasteiger partial charge in [-0.25, -0.2) is 13.4 Å². The maximum Gasteiger partial charge on any atom is 0.263 e. The zero-order valence-electron chi connectivity index (χ0n) is 10.3. The highest BCUT2D eigenvalue weighted by atomic mass is 35.5. The first kappa shape index (κ1) is 14.8. The fraction of sp³-hybridized carbons (Fsp3) is 0.0909. The molecule has 0 atom stereocenters. The van der Waals surface area contributed by atoms with E-state index in [9.17, 15) is 8.42 Å². The quantitative estimate of drug-likeness (QED) is 0.511. The summed E-state index contributed by atoms with van der Waals surface area (Å²) in [7, 11) is -3.80. The second kappa shape index (κ2) is 5.43. The molecule has 0 saturated heterocycles. The average Bonchev–Trinajstić information content (AvgIpc) is 2.30. The molecule has 0 radical (unpaired) electrons. The third-order valence-electron chi connectivity index (χ3n) is 2.46. The molecule has 0 aliphatic carbocycles. The minimum absolute atomic E-state index is 0.00974. The van der Waals surface area contributed by atoms with Crippen molar-refractivity contribution >= 4 is 44.7 Å². The molecule has 0 aliphatic rings. The summed E-state index contributed by atoms with van der Waals surface area (Å²) in [5.41, 5.74) is 6.82. The minimum atomic E-state index is -3.80. The molecule has 0 fully saturated rings. The van der Waals surface area contributed by atoms with E-state index < -0.39 is 10.0 Å². The zero-order chi connectivity index (χ0) is 14.9. The van der Waals surface area contributed by atoms with Crippen molar-refractivity contribution in [1.82, 2.24) is 9.97 Å². The number of nitrogens with one attached hydrogen (secondary N) is 1. The van der Waals surface area contributed by atoms with Gasteiger partial charge in [0.2, 0.25) is 5.28 Å². The summed E-state index contributed by atoms with van der Waals surface area (Å²) in [6, 6.07) is 5.64. The number of rotatable bonds is 3. The van der Waals surface area contributed by atoms with E-state index in [0.717, 1.165) is 0 Å². The highest BCUT2D eigenvalue weighted by Crippen LogP contribution is 2.21. The van der Waals surface area contributed by atoms with E-state index in [-0.39, 0.29) is 21.2 Å². The van der Waals surface area contributed by atoms with Crippen molar-refractivity contribution in [2.24, 2.45) is 0 Å². The van der Waals surface area contributed by atoms with E-state index in [0.29, 0.717) is 11.3 Å². The fourth-order valence-corrected chi connectivity index (χ4v) is 2.94. The maximum atomic E-state index is 12.2. The molecule has 3 N–H and O–H groups in total. The van der Waals surface area contributed by atoms with Gasteiger partial charge in [0.25, 0.3) is 10.0 Å². The Morgan fingerprint density at radius 2 is 1.90 bits per heavy atom. The van der Waals surface area contributed by atoms with Crippen LogP contribution in [0.2, 0.25) is 10.4 Å². The van der Waals surface area contributed by atoms with Crippen LogP contribution in [0.1, 0.15) is 5.56 Å². The van der Waals surface area contributed by atoms with Crippen molar-refractivity contribution in [2.75, 3.05) is 10.5 Å². The summed E-state index contributed by atoms with van der Waals surface area (Å²) in [5.74, 6) is -0.00974. The van der Waals surface area contributed by atoms with Crippen molar-refractivity contribution in [2.45, 2.75) is 11.8 Å². The normalized spacial score (nSPS) is 11.3. The lowest BCUT2D eigenvalue weighted by atomic mass is 10.2. The van der Waals surface area contributed by atoms with E-state index in [1.54, 1.807) is 6.92 Å². The number of nitrogen functional groups attached to an aromatic ring is 1. The fourth-order valence-electron chi connectivity index (χ4n) is 1.45. The molecule has 6 nitrogen and oxygen atoms in total. The molecule has 0 amide bonds. The van der Waals surface area contributed by atoms with Gasteiger partial charge in [-0.05, 0) is 42.3 Å². The predicted octanol–water partition coefficient (Wildman–Crippen LogP) is 2.47. The van der Waals surface area contributed by atoms with E-state index in [4.69, 9.17) is 28.9 Å². The molecule has 0 unspecified atom stereocenters. The van der Waals surface area contributed by atoms with Crippen LogP contribution in [0.3, 0.4) is 0 Å². The number of aryl methyl sites for hydroxylation is 1. The Bertz CT molecular complexity index is 745. The standard InChI is InChI=1S/C11H10Cl2N4O2S/c1-6-4-7(2-3-8(6)14)20(18,19)17-10-5-9(12)15-11(13)16-10/h2-5H,14H2,1H3,(H,15,16,17). The molecule has 0 spiro atoms. The summed E-state index contributed by atoms with van der Waals surface area (Å²) in [4.78, 5) is 7.44. The zero-order valence-corrected chi connectivity index (χ0v) is 12.6. The molecular weight excluding hydrogens is 323 g/mol. The number of hydrogen-bond acceptors (Lipinski definition) is 5. The molecule has 2 aromatic rings. The highest BCUT2D eigenvalue weighted by Gasteiger charge is 2.16.